The highest BCUT2D eigenvalue weighted by Crippen LogP contribution is 2.35. The molecular weight excluding hydrogens is 319 g/mol. The minimum absolute atomic E-state index is 0.0306. The van der Waals surface area contributed by atoms with Crippen LogP contribution in [-0.4, -0.2) is 31.7 Å². The Balaban J connectivity index is 3.15. The molecule has 0 heterocycles. The van der Waals surface area contributed by atoms with Gasteiger partial charge >= 0.3 is 6.18 Å². The van der Waals surface area contributed by atoms with Crippen LogP contribution in [-0.2, 0) is 10.9 Å². The molecule has 0 aliphatic rings. The van der Waals surface area contributed by atoms with E-state index >= 15 is 0 Å². The Morgan fingerprint density at radius 1 is 1.36 bits per heavy atom. The van der Waals surface area contributed by atoms with Gasteiger partial charge in [-0.15, -0.1) is 0 Å². The Kier molecular flexibility index (Phi) is 7.01. The maximum absolute atomic E-state index is 12.9. The quantitative estimate of drug-likeness (QED) is 0.295. The van der Waals surface area contributed by atoms with Gasteiger partial charge in [0, 0.05) is 13.2 Å². The number of nitriles is 1. The van der Waals surface area contributed by atoms with Crippen LogP contribution in [0, 0.1) is 11.5 Å². The van der Waals surface area contributed by atoms with E-state index in [0.29, 0.717) is 0 Å². The second-order valence-corrected chi connectivity index (χ2v) is 4.71. The highest BCUT2D eigenvalue weighted by atomic mass is 32.2. The third-order valence-corrected chi connectivity index (χ3v) is 2.94. The Labute approximate surface area is 130 Å². The minimum atomic E-state index is -4.52. The molecule has 0 bridgehead atoms. The van der Waals surface area contributed by atoms with Crippen molar-refractivity contribution in [1.29, 1.82) is 5.26 Å². The summed E-state index contributed by atoms with van der Waals surface area (Å²) in [6.45, 7) is 0.369. The lowest BCUT2D eigenvalue weighted by Crippen LogP contribution is -2.12. The lowest BCUT2D eigenvalue weighted by atomic mass is 10.2. The van der Waals surface area contributed by atoms with Crippen LogP contribution in [0.2, 0.25) is 0 Å². The van der Waals surface area contributed by atoms with Gasteiger partial charge in [-0.05, 0) is 18.4 Å². The van der Waals surface area contributed by atoms with Crippen LogP contribution in [0.3, 0.4) is 0 Å². The molecular formula is C13H14F3N3O2S. The van der Waals surface area contributed by atoms with Crippen molar-refractivity contribution in [1.82, 2.24) is 5.32 Å². The molecule has 1 aromatic rings. The van der Waals surface area contributed by atoms with Crippen molar-refractivity contribution in [2.45, 2.75) is 6.18 Å². The molecule has 0 atom stereocenters. The van der Waals surface area contributed by atoms with Crippen molar-refractivity contribution < 1.29 is 22.6 Å². The summed E-state index contributed by atoms with van der Waals surface area (Å²) in [5.74, 6) is 0.0306. The van der Waals surface area contributed by atoms with Crippen molar-refractivity contribution in [2.75, 3.05) is 26.6 Å². The highest BCUT2D eigenvalue weighted by Gasteiger charge is 2.31. The van der Waals surface area contributed by atoms with Gasteiger partial charge in [-0.1, -0.05) is 11.8 Å². The maximum atomic E-state index is 12.9. The number of alkyl halides is 3. The van der Waals surface area contributed by atoms with Crippen LogP contribution in [0.1, 0.15) is 5.56 Å². The molecule has 0 aliphatic heterocycles. The molecule has 0 radical (unpaired) electrons. The number of nitrogens with one attached hydrogen (secondary N) is 1. The van der Waals surface area contributed by atoms with Gasteiger partial charge in [-0.3, -0.25) is 5.32 Å². The van der Waals surface area contributed by atoms with E-state index in [1.165, 1.54) is 13.2 Å². The predicted molar refractivity (Wildman–Crippen MR) is 78.2 cm³/mol. The summed E-state index contributed by atoms with van der Waals surface area (Å²) in [6.07, 6.45) is -1.21. The number of methoxy groups -OCH3 is 1. The molecule has 1 rings (SSSR count). The van der Waals surface area contributed by atoms with Crippen LogP contribution in [0.5, 0.6) is 5.75 Å². The monoisotopic (exact) mass is 333 g/mol. The van der Waals surface area contributed by atoms with E-state index in [9.17, 15) is 13.2 Å². The van der Waals surface area contributed by atoms with Crippen molar-refractivity contribution >= 4 is 22.6 Å². The predicted octanol–water partition coefficient (Wildman–Crippen LogP) is 3.15. The van der Waals surface area contributed by atoms with E-state index in [1.54, 1.807) is 12.4 Å². The van der Waals surface area contributed by atoms with Gasteiger partial charge in [0.1, 0.15) is 12.4 Å². The zero-order chi connectivity index (χ0) is 16.6. The number of thioether (sulfide) groups is 1. The molecule has 9 heteroatoms. The largest absolute Gasteiger partial charge is 0.491 e. The molecule has 1 aromatic carbocycles. The topological polar surface area (TPSA) is 66.6 Å². The molecule has 5 nitrogen and oxygen atoms in total. The third kappa shape index (κ3) is 5.83. The molecule has 120 valence electrons. The van der Waals surface area contributed by atoms with E-state index in [1.807, 2.05) is 0 Å². The summed E-state index contributed by atoms with van der Waals surface area (Å²) in [6, 6.07) is 3.14. The lowest BCUT2D eigenvalue weighted by Gasteiger charge is -2.12. The summed E-state index contributed by atoms with van der Waals surface area (Å²) in [4.78, 5) is 3.96. The number of amidine groups is 1. The first kappa shape index (κ1) is 18.1. The minimum Gasteiger partial charge on any atom is -0.491 e. The second kappa shape index (κ2) is 8.51. The number of aliphatic imine (C=N–C) groups is 1. The van der Waals surface area contributed by atoms with Gasteiger partial charge < -0.3 is 9.47 Å². The van der Waals surface area contributed by atoms with Gasteiger partial charge in [0.25, 0.3) is 0 Å². The molecule has 0 unspecified atom stereocenters. The third-order valence-electron chi connectivity index (χ3n) is 2.36. The van der Waals surface area contributed by atoms with Gasteiger partial charge in [-0.2, -0.15) is 18.4 Å². The number of nitrogens with zero attached hydrogens (tertiary/aromatic N) is 2. The van der Waals surface area contributed by atoms with E-state index in [0.717, 1.165) is 23.9 Å². The van der Waals surface area contributed by atoms with Crippen LogP contribution < -0.4 is 10.1 Å². The van der Waals surface area contributed by atoms with E-state index in [4.69, 9.17) is 14.7 Å². The number of hydrogen-bond donors (Lipinski definition) is 1. The average molecular weight is 333 g/mol. The van der Waals surface area contributed by atoms with E-state index in [2.05, 4.69) is 10.3 Å². The Bertz CT molecular complexity index is 571. The highest BCUT2D eigenvalue weighted by molar-refractivity contribution is 8.13. The summed E-state index contributed by atoms with van der Waals surface area (Å²) >= 11 is 1.10. The smallest absolute Gasteiger partial charge is 0.416 e. The second-order valence-electron chi connectivity index (χ2n) is 3.91. The van der Waals surface area contributed by atoms with Crippen LogP contribution in [0.25, 0.3) is 0 Å². The van der Waals surface area contributed by atoms with Crippen molar-refractivity contribution in [3.8, 4) is 11.9 Å². The molecule has 0 fully saturated rings. The molecule has 22 heavy (non-hydrogen) atoms. The van der Waals surface area contributed by atoms with Crippen molar-refractivity contribution in [3.05, 3.63) is 23.8 Å². The van der Waals surface area contributed by atoms with Crippen molar-refractivity contribution in [2.24, 2.45) is 4.99 Å². The zero-order valence-electron chi connectivity index (χ0n) is 11.9. The standard InChI is InChI=1S/C13H14F3N3O2S/c1-20-3-4-21-11-6-9(13(14,15)16)5-10(7-11)19-12(22-2)18-8-17/h5-7H,3-4H2,1-2H3,(H,18,19). The maximum Gasteiger partial charge on any atom is 0.416 e. The van der Waals surface area contributed by atoms with Crippen LogP contribution >= 0.6 is 11.8 Å². The molecule has 1 N–H and O–H groups in total. The molecule has 0 saturated carbocycles. The Morgan fingerprint density at radius 3 is 2.64 bits per heavy atom. The fraction of sp³-hybridized carbons (Fsp3) is 0.385. The zero-order valence-corrected chi connectivity index (χ0v) is 12.7. The first-order chi connectivity index (χ1) is 10.4. The summed E-state index contributed by atoms with van der Waals surface area (Å²) in [7, 11) is 1.46. The number of benzene rings is 1. The molecule has 0 amide bonds. The number of halogens is 3. The lowest BCUT2D eigenvalue weighted by molar-refractivity contribution is -0.137. The SMILES string of the molecule is COCCOc1cc(N=C(NC#N)SC)cc(C(F)(F)F)c1. The van der Waals surface area contributed by atoms with Gasteiger partial charge in [0.05, 0.1) is 17.9 Å². The van der Waals surface area contributed by atoms with Gasteiger partial charge in [0.15, 0.2) is 11.4 Å². The van der Waals surface area contributed by atoms with Gasteiger partial charge in [-0.25, -0.2) is 4.99 Å². The Morgan fingerprint density at radius 2 is 2.09 bits per heavy atom. The summed E-state index contributed by atoms with van der Waals surface area (Å²) in [5, 5.41) is 11.0. The summed E-state index contributed by atoms with van der Waals surface area (Å²) < 4.78 is 48.7. The van der Waals surface area contributed by atoms with Crippen LogP contribution in [0.4, 0.5) is 18.9 Å². The van der Waals surface area contributed by atoms with E-state index in [-0.39, 0.29) is 29.8 Å². The molecule has 0 aliphatic carbocycles. The fourth-order valence-electron chi connectivity index (χ4n) is 1.43. The molecule has 0 saturated heterocycles. The van der Waals surface area contributed by atoms with Gasteiger partial charge in [0.2, 0.25) is 0 Å². The first-order valence-electron chi connectivity index (χ1n) is 6.02. The number of ether oxygens (including phenoxy) is 2. The number of rotatable bonds is 5. The first-order valence-corrected chi connectivity index (χ1v) is 7.25. The van der Waals surface area contributed by atoms with E-state index < -0.39 is 11.7 Å². The normalized spacial score (nSPS) is 11.9. The molecule has 0 spiro atoms. The summed E-state index contributed by atoms with van der Waals surface area (Å²) in [5.41, 5.74) is -0.840. The molecule has 0 aromatic heterocycles. The Hall–Kier alpha value is -1.92. The van der Waals surface area contributed by atoms with Crippen LogP contribution in [0.15, 0.2) is 23.2 Å². The van der Waals surface area contributed by atoms with Crippen molar-refractivity contribution in [3.63, 3.8) is 0 Å². The average Bonchev–Trinajstić information content (AvgIpc) is 2.46. The fourth-order valence-corrected chi connectivity index (χ4v) is 1.77. The number of hydrogen-bond acceptors (Lipinski definition) is 5.